The smallest absolute Gasteiger partial charge is 0.224 e. The van der Waals surface area contributed by atoms with Crippen molar-refractivity contribution in [2.45, 2.75) is 6.92 Å². The number of benzene rings is 1. The molecule has 4 heteroatoms. The molecule has 0 aliphatic heterocycles. The molecule has 0 aliphatic rings. The molecule has 0 saturated heterocycles. The predicted molar refractivity (Wildman–Crippen MR) is 69.1 cm³/mol. The summed E-state index contributed by atoms with van der Waals surface area (Å²) < 4.78 is 0. The maximum Gasteiger partial charge on any atom is 0.224 e. The van der Waals surface area contributed by atoms with E-state index in [1.165, 1.54) is 11.1 Å². The third kappa shape index (κ3) is 1.78. The third-order valence-corrected chi connectivity index (χ3v) is 2.96. The van der Waals surface area contributed by atoms with Crippen molar-refractivity contribution in [1.29, 1.82) is 0 Å². The molecule has 0 radical (unpaired) electrons. The Bertz CT molecular complexity index is 688. The summed E-state index contributed by atoms with van der Waals surface area (Å²) in [7, 11) is 0. The van der Waals surface area contributed by atoms with Crippen LogP contribution in [0.1, 0.15) is 5.56 Å². The number of rotatable bonds is 1. The van der Waals surface area contributed by atoms with Gasteiger partial charge in [0, 0.05) is 22.8 Å². The van der Waals surface area contributed by atoms with Crippen LogP contribution in [-0.4, -0.2) is 15.0 Å². The van der Waals surface area contributed by atoms with E-state index in [1.54, 1.807) is 6.20 Å². The zero-order valence-electron chi connectivity index (χ0n) is 9.24. The van der Waals surface area contributed by atoms with Crippen LogP contribution >= 0.6 is 11.6 Å². The van der Waals surface area contributed by atoms with Crippen LogP contribution < -0.4 is 0 Å². The Kier molecular flexibility index (Phi) is 2.34. The molecule has 0 aliphatic carbocycles. The molecule has 0 saturated carbocycles. The van der Waals surface area contributed by atoms with E-state index in [0.717, 1.165) is 16.7 Å². The second-order valence-corrected chi connectivity index (χ2v) is 4.28. The highest BCUT2D eigenvalue weighted by Gasteiger charge is 2.06. The Morgan fingerprint density at radius 1 is 1.24 bits per heavy atom. The zero-order chi connectivity index (χ0) is 11.8. The van der Waals surface area contributed by atoms with Crippen LogP contribution in [0.4, 0.5) is 0 Å². The second-order valence-electron chi connectivity index (χ2n) is 3.94. The van der Waals surface area contributed by atoms with Crippen molar-refractivity contribution < 1.29 is 0 Å². The Morgan fingerprint density at radius 3 is 2.88 bits per heavy atom. The van der Waals surface area contributed by atoms with E-state index in [2.05, 4.69) is 34.0 Å². The molecule has 0 fully saturated rings. The molecule has 1 aromatic carbocycles. The molecule has 0 spiro atoms. The molecule has 1 N–H and O–H groups in total. The van der Waals surface area contributed by atoms with Crippen LogP contribution in [0.5, 0.6) is 0 Å². The summed E-state index contributed by atoms with van der Waals surface area (Å²) in [6.45, 7) is 2.08. The van der Waals surface area contributed by atoms with Gasteiger partial charge in [-0.25, -0.2) is 4.98 Å². The molecule has 84 valence electrons. The lowest BCUT2D eigenvalue weighted by Gasteiger charge is -2.01. The number of hydrogen-bond acceptors (Lipinski definition) is 2. The fourth-order valence-electron chi connectivity index (χ4n) is 1.91. The van der Waals surface area contributed by atoms with E-state index in [4.69, 9.17) is 11.6 Å². The van der Waals surface area contributed by atoms with Gasteiger partial charge in [0.2, 0.25) is 5.28 Å². The van der Waals surface area contributed by atoms with Gasteiger partial charge in [-0.15, -0.1) is 0 Å². The Labute approximate surface area is 103 Å². The number of nitrogens with zero attached hydrogens (tertiary/aromatic N) is 2. The zero-order valence-corrected chi connectivity index (χ0v) is 9.99. The van der Waals surface area contributed by atoms with Crippen molar-refractivity contribution in [3.05, 3.63) is 47.4 Å². The minimum atomic E-state index is 0.260. The van der Waals surface area contributed by atoms with Crippen molar-refractivity contribution in [2.75, 3.05) is 0 Å². The van der Waals surface area contributed by atoms with Gasteiger partial charge in [0.25, 0.3) is 0 Å². The van der Waals surface area contributed by atoms with Gasteiger partial charge in [-0.1, -0.05) is 24.3 Å². The second kappa shape index (κ2) is 3.86. The minimum Gasteiger partial charge on any atom is -0.339 e. The summed E-state index contributed by atoms with van der Waals surface area (Å²) >= 11 is 5.76. The van der Waals surface area contributed by atoms with E-state index in [1.807, 2.05) is 18.2 Å². The molecule has 3 rings (SSSR count). The van der Waals surface area contributed by atoms with E-state index < -0.39 is 0 Å². The fraction of sp³-hybridized carbons (Fsp3) is 0.0769. The van der Waals surface area contributed by atoms with Gasteiger partial charge < -0.3 is 4.98 Å². The largest absolute Gasteiger partial charge is 0.339 e. The molecule has 0 unspecified atom stereocenters. The van der Waals surface area contributed by atoms with E-state index >= 15 is 0 Å². The average molecular weight is 244 g/mol. The van der Waals surface area contributed by atoms with E-state index in [0.29, 0.717) is 0 Å². The van der Waals surface area contributed by atoms with E-state index in [9.17, 15) is 0 Å². The molecule has 3 nitrogen and oxygen atoms in total. The van der Waals surface area contributed by atoms with Crippen LogP contribution in [0.15, 0.2) is 36.5 Å². The lowest BCUT2D eigenvalue weighted by molar-refractivity contribution is 1.20. The third-order valence-electron chi connectivity index (χ3n) is 2.78. The normalized spacial score (nSPS) is 10.9. The average Bonchev–Trinajstić information content (AvgIpc) is 2.72. The Balaban J connectivity index is 2.22. The molecule has 2 aromatic heterocycles. The van der Waals surface area contributed by atoms with Crippen LogP contribution in [0.2, 0.25) is 5.28 Å². The highest BCUT2D eigenvalue weighted by atomic mass is 35.5. The van der Waals surface area contributed by atoms with Gasteiger partial charge in [0.15, 0.2) is 0 Å². The van der Waals surface area contributed by atoms with Crippen LogP contribution in [0.3, 0.4) is 0 Å². The first-order valence-electron chi connectivity index (χ1n) is 5.31. The van der Waals surface area contributed by atoms with Crippen LogP contribution in [0.25, 0.3) is 22.3 Å². The van der Waals surface area contributed by atoms with Crippen molar-refractivity contribution in [3.63, 3.8) is 0 Å². The Hall–Kier alpha value is -1.87. The molecule has 17 heavy (non-hydrogen) atoms. The standard InChI is InChI=1S/C13H10ClN3/c1-8-4-2-3-5-10(8)11-6-9-7-15-13(14)17-12(9)16-11/h2-7H,1H3,(H,15,16,17). The summed E-state index contributed by atoms with van der Waals surface area (Å²) in [6.07, 6.45) is 1.73. The summed E-state index contributed by atoms with van der Waals surface area (Å²) in [5.41, 5.74) is 4.19. The van der Waals surface area contributed by atoms with Gasteiger partial charge >= 0.3 is 0 Å². The van der Waals surface area contributed by atoms with Gasteiger partial charge in [-0.05, 0) is 30.2 Å². The first kappa shape index (κ1) is 10.3. The lowest BCUT2D eigenvalue weighted by Crippen LogP contribution is -1.83. The molecule has 0 bridgehead atoms. The first-order valence-corrected chi connectivity index (χ1v) is 5.69. The molecular weight excluding hydrogens is 234 g/mol. The maximum atomic E-state index is 5.76. The fourth-order valence-corrected chi connectivity index (χ4v) is 2.05. The summed E-state index contributed by atoms with van der Waals surface area (Å²) in [4.78, 5) is 11.4. The summed E-state index contributed by atoms with van der Waals surface area (Å²) in [5.74, 6) is 0. The number of fused-ring (bicyclic) bond motifs is 1. The number of hydrogen-bond donors (Lipinski definition) is 1. The number of aryl methyl sites for hydroxylation is 1. The van der Waals surface area contributed by atoms with Crippen LogP contribution in [0, 0.1) is 6.92 Å². The summed E-state index contributed by atoms with van der Waals surface area (Å²) in [6, 6.07) is 10.2. The van der Waals surface area contributed by atoms with Gasteiger partial charge in [-0.3, -0.25) is 0 Å². The van der Waals surface area contributed by atoms with Crippen molar-refractivity contribution >= 4 is 22.6 Å². The highest BCUT2D eigenvalue weighted by Crippen LogP contribution is 2.25. The molecule has 3 aromatic rings. The minimum absolute atomic E-state index is 0.260. The predicted octanol–water partition coefficient (Wildman–Crippen LogP) is 3.59. The molecule has 2 heterocycles. The topological polar surface area (TPSA) is 41.6 Å². The van der Waals surface area contributed by atoms with Gasteiger partial charge in [0.1, 0.15) is 5.65 Å². The quantitative estimate of drug-likeness (QED) is 0.664. The van der Waals surface area contributed by atoms with Crippen molar-refractivity contribution in [3.8, 4) is 11.3 Å². The number of nitrogens with one attached hydrogen (secondary N) is 1. The molecule has 0 amide bonds. The number of halogens is 1. The summed E-state index contributed by atoms with van der Waals surface area (Å²) in [5, 5.41) is 1.23. The molecular formula is C13H10ClN3. The van der Waals surface area contributed by atoms with Crippen molar-refractivity contribution in [2.24, 2.45) is 0 Å². The number of H-pyrrole nitrogens is 1. The first-order chi connectivity index (χ1) is 8.24. The number of aromatic nitrogens is 3. The van der Waals surface area contributed by atoms with Gasteiger partial charge in [0.05, 0.1) is 0 Å². The van der Waals surface area contributed by atoms with Gasteiger partial charge in [-0.2, -0.15) is 4.98 Å². The van der Waals surface area contributed by atoms with Crippen LogP contribution in [-0.2, 0) is 0 Å². The maximum absolute atomic E-state index is 5.76. The number of aromatic amines is 1. The van der Waals surface area contributed by atoms with E-state index in [-0.39, 0.29) is 5.28 Å². The highest BCUT2D eigenvalue weighted by molar-refractivity contribution is 6.28. The van der Waals surface area contributed by atoms with Crippen molar-refractivity contribution in [1.82, 2.24) is 15.0 Å². The Morgan fingerprint density at radius 2 is 2.06 bits per heavy atom. The monoisotopic (exact) mass is 243 g/mol. The molecule has 0 atom stereocenters. The lowest BCUT2D eigenvalue weighted by atomic mass is 10.1. The SMILES string of the molecule is Cc1ccccc1-c1cc2cnc(Cl)nc2[nH]1.